The van der Waals surface area contributed by atoms with Gasteiger partial charge in [0.05, 0.1) is 5.39 Å². The third kappa shape index (κ3) is 5.45. The van der Waals surface area contributed by atoms with E-state index in [4.69, 9.17) is 23.0 Å². The first kappa shape index (κ1) is 26.3. The number of halogens is 1. The van der Waals surface area contributed by atoms with Crippen LogP contribution in [0.25, 0.3) is 22.6 Å². The molecule has 9 nitrogen and oxygen atoms in total. The summed E-state index contributed by atoms with van der Waals surface area (Å²) in [5, 5.41) is 19.7. The second kappa shape index (κ2) is 11.2. The van der Waals surface area contributed by atoms with Crippen molar-refractivity contribution in [3.63, 3.8) is 0 Å². The molecule has 0 unspecified atom stereocenters. The molecule has 0 bridgehead atoms. The molecule has 2 aliphatic rings. The zero-order chi connectivity index (χ0) is 25.4. The molecule has 4 aromatic rings. The number of hydrogen-bond acceptors (Lipinski definition) is 9. The maximum Gasteiger partial charge on any atom is 0.283 e. The molecule has 2 aliphatic heterocycles. The third-order valence-electron chi connectivity index (χ3n) is 7.02. The van der Waals surface area contributed by atoms with Crippen LogP contribution in [0.2, 0.25) is 0 Å². The number of β-amino-alcohol motifs (C(OH)–C–C–N with tert-alkyl or cyclic N) is 1. The first-order valence-electron chi connectivity index (χ1n) is 12.8. The molecule has 2 aromatic carbocycles. The Balaban J connectivity index is 0.00000294. The highest BCUT2D eigenvalue weighted by Crippen LogP contribution is 2.37. The van der Waals surface area contributed by atoms with Gasteiger partial charge in [0.1, 0.15) is 24.0 Å². The molecule has 0 spiro atoms. The second-order valence-corrected chi connectivity index (χ2v) is 10.0. The van der Waals surface area contributed by atoms with Crippen LogP contribution in [0.4, 0.5) is 0 Å². The van der Waals surface area contributed by atoms with Crippen molar-refractivity contribution in [1.82, 2.24) is 15.1 Å². The minimum atomic E-state index is -0.603. The SMILES string of the molecule is CC(C)c1nnc(-c2cc3c(OC[C@H](O)CN4CCC(c5ccc6c(c5)OCO6)CC4)cccc3o2)o1.Cl. The fourth-order valence-corrected chi connectivity index (χ4v) is 4.99. The molecule has 1 atom stereocenters. The molecule has 2 aromatic heterocycles. The Bertz CT molecular complexity index is 1380. The molecule has 6 rings (SSSR count). The predicted molar refractivity (Wildman–Crippen MR) is 143 cm³/mol. The highest BCUT2D eigenvalue weighted by Gasteiger charge is 2.25. The Hall–Kier alpha value is -3.27. The zero-order valence-corrected chi connectivity index (χ0v) is 22.3. The Kier molecular flexibility index (Phi) is 7.78. The highest BCUT2D eigenvalue weighted by molar-refractivity contribution is 5.87. The maximum atomic E-state index is 10.7. The quantitative estimate of drug-likeness (QED) is 0.315. The largest absolute Gasteiger partial charge is 0.490 e. The zero-order valence-electron chi connectivity index (χ0n) is 21.5. The number of nitrogens with zero attached hydrogens (tertiary/aromatic N) is 3. The number of rotatable bonds is 8. The Labute approximate surface area is 227 Å². The van der Waals surface area contributed by atoms with Crippen LogP contribution < -0.4 is 14.2 Å². The summed E-state index contributed by atoms with van der Waals surface area (Å²) in [6, 6.07) is 13.7. The fourth-order valence-electron chi connectivity index (χ4n) is 4.99. The molecule has 0 aliphatic carbocycles. The van der Waals surface area contributed by atoms with Crippen molar-refractivity contribution in [3.8, 4) is 28.9 Å². The number of hydrogen-bond donors (Lipinski definition) is 1. The van der Waals surface area contributed by atoms with Crippen LogP contribution in [-0.2, 0) is 0 Å². The second-order valence-electron chi connectivity index (χ2n) is 10.0. The minimum Gasteiger partial charge on any atom is -0.490 e. The number of aliphatic hydroxyl groups is 1. The van der Waals surface area contributed by atoms with E-state index in [2.05, 4.69) is 27.2 Å². The molecule has 0 radical (unpaired) electrons. The van der Waals surface area contributed by atoms with Gasteiger partial charge in [-0.05, 0) is 61.7 Å². The normalized spacial score (nSPS) is 16.6. The van der Waals surface area contributed by atoms with Gasteiger partial charge in [0.25, 0.3) is 5.89 Å². The Morgan fingerprint density at radius 3 is 2.63 bits per heavy atom. The molecule has 0 saturated carbocycles. The molecule has 4 heterocycles. The van der Waals surface area contributed by atoms with Crippen LogP contribution in [0.1, 0.15) is 50.0 Å². The third-order valence-corrected chi connectivity index (χ3v) is 7.02. The lowest BCUT2D eigenvalue weighted by Gasteiger charge is -2.33. The molecule has 38 heavy (non-hydrogen) atoms. The number of benzene rings is 2. The summed E-state index contributed by atoms with van der Waals surface area (Å²) >= 11 is 0. The van der Waals surface area contributed by atoms with E-state index in [9.17, 15) is 5.11 Å². The Morgan fingerprint density at radius 1 is 1.03 bits per heavy atom. The summed E-state index contributed by atoms with van der Waals surface area (Å²) in [5.74, 6) is 4.34. The monoisotopic (exact) mass is 541 g/mol. The van der Waals surface area contributed by atoms with Gasteiger partial charge in [-0.2, -0.15) is 0 Å². The van der Waals surface area contributed by atoms with E-state index in [0.29, 0.717) is 48.1 Å². The molecular weight excluding hydrogens is 510 g/mol. The van der Waals surface area contributed by atoms with E-state index >= 15 is 0 Å². The molecule has 1 saturated heterocycles. The van der Waals surface area contributed by atoms with E-state index in [1.54, 1.807) is 0 Å². The number of ether oxygens (including phenoxy) is 3. The number of piperidine rings is 1. The molecule has 202 valence electrons. The predicted octanol–water partition coefficient (Wildman–Crippen LogP) is 5.38. The summed E-state index contributed by atoms with van der Waals surface area (Å²) in [6.45, 7) is 6.91. The first-order valence-corrected chi connectivity index (χ1v) is 12.8. The first-order chi connectivity index (χ1) is 18.0. The summed E-state index contributed by atoms with van der Waals surface area (Å²) in [6.07, 6.45) is 1.48. The number of aliphatic hydroxyl groups excluding tert-OH is 1. The highest BCUT2D eigenvalue weighted by atomic mass is 35.5. The lowest BCUT2D eigenvalue weighted by molar-refractivity contribution is 0.0599. The van der Waals surface area contributed by atoms with Crippen molar-refractivity contribution < 1.29 is 28.2 Å². The summed E-state index contributed by atoms with van der Waals surface area (Å²) in [5.41, 5.74) is 1.96. The average Bonchev–Trinajstić information content (AvgIpc) is 3.66. The standard InChI is InChI=1S/C28H31N3O6.ClH/c1-17(2)27-29-30-28(37-27)26-13-21-22(4-3-5-23(21)36-26)33-15-20(32)14-31-10-8-18(9-11-31)19-6-7-24-25(12-19)35-16-34-24;/h3-7,12-13,17-18,20,32H,8-11,14-16H2,1-2H3;1H/t20-;/m1./s1. The van der Waals surface area contributed by atoms with Gasteiger partial charge in [-0.25, -0.2) is 0 Å². The topological polar surface area (TPSA) is 103 Å². The lowest BCUT2D eigenvalue weighted by Crippen LogP contribution is -2.40. The summed E-state index contributed by atoms with van der Waals surface area (Å²) in [4.78, 5) is 2.30. The van der Waals surface area contributed by atoms with Crippen LogP contribution in [0.5, 0.6) is 17.2 Å². The van der Waals surface area contributed by atoms with Crippen LogP contribution in [0.15, 0.2) is 51.3 Å². The smallest absolute Gasteiger partial charge is 0.283 e. The minimum absolute atomic E-state index is 0. The number of furan rings is 1. The van der Waals surface area contributed by atoms with Gasteiger partial charge in [0.2, 0.25) is 12.7 Å². The summed E-state index contributed by atoms with van der Waals surface area (Å²) in [7, 11) is 0. The number of likely N-dealkylation sites (tertiary alicyclic amines) is 1. The van der Waals surface area contributed by atoms with E-state index in [1.165, 1.54) is 5.56 Å². The molecule has 0 amide bonds. The molecule has 10 heteroatoms. The van der Waals surface area contributed by atoms with Crippen molar-refractivity contribution in [2.45, 2.75) is 44.6 Å². The number of fused-ring (bicyclic) bond motifs is 2. The van der Waals surface area contributed by atoms with Gasteiger partial charge in [0.15, 0.2) is 17.3 Å². The van der Waals surface area contributed by atoms with E-state index in [1.807, 2.05) is 44.2 Å². The molecule has 1 N–H and O–H groups in total. The van der Waals surface area contributed by atoms with Crippen molar-refractivity contribution in [1.29, 1.82) is 0 Å². The van der Waals surface area contributed by atoms with E-state index in [-0.39, 0.29) is 24.9 Å². The Morgan fingerprint density at radius 2 is 1.84 bits per heavy atom. The van der Waals surface area contributed by atoms with Crippen LogP contribution in [0, 0.1) is 0 Å². The lowest BCUT2D eigenvalue weighted by atomic mass is 9.89. The van der Waals surface area contributed by atoms with Gasteiger partial charge >= 0.3 is 0 Å². The maximum absolute atomic E-state index is 10.7. The average molecular weight is 542 g/mol. The van der Waals surface area contributed by atoms with Crippen molar-refractivity contribution >= 4 is 23.4 Å². The van der Waals surface area contributed by atoms with Crippen molar-refractivity contribution in [2.75, 3.05) is 33.0 Å². The molecule has 1 fully saturated rings. The van der Waals surface area contributed by atoms with E-state index < -0.39 is 6.10 Å². The fraction of sp³-hybridized carbons (Fsp3) is 0.429. The van der Waals surface area contributed by atoms with Gasteiger partial charge in [0, 0.05) is 18.5 Å². The van der Waals surface area contributed by atoms with Gasteiger partial charge < -0.3 is 33.1 Å². The number of aromatic nitrogens is 2. The van der Waals surface area contributed by atoms with Gasteiger partial charge in [-0.15, -0.1) is 22.6 Å². The van der Waals surface area contributed by atoms with Crippen LogP contribution >= 0.6 is 12.4 Å². The van der Waals surface area contributed by atoms with Crippen LogP contribution in [-0.4, -0.2) is 59.3 Å². The van der Waals surface area contributed by atoms with Gasteiger partial charge in [-0.1, -0.05) is 26.0 Å². The van der Waals surface area contributed by atoms with Crippen molar-refractivity contribution in [2.24, 2.45) is 0 Å². The molecular formula is C28H32ClN3O6. The van der Waals surface area contributed by atoms with Crippen LogP contribution in [0.3, 0.4) is 0 Å². The van der Waals surface area contributed by atoms with E-state index in [0.717, 1.165) is 42.8 Å². The summed E-state index contributed by atoms with van der Waals surface area (Å²) < 4.78 is 28.6. The van der Waals surface area contributed by atoms with Gasteiger partial charge in [-0.3, -0.25) is 0 Å². The van der Waals surface area contributed by atoms with Crippen molar-refractivity contribution in [3.05, 3.63) is 53.9 Å².